The third-order valence-corrected chi connectivity index (χ3v) is 3.34. The minimum absolute atomic E-state index is 0.115. The Bertz CT molecular complexity index is 674. The predicted molar refractivity (Wildman–Crippen MR) is 82.0 cm³/mol. The first kappa shape index (κ1) is 15.0. The van der Waals surface area contributed by atoms with Crippen molar-refractivity contribution in [2.45, 2.75) is 6.54 Å². The van der Waals surface area contributed by atoms with Crippen LogP contribution in [-0.2, 0) is 6.54 Å². The number of phenolic OH excluding ortho intramolecular Hbond substituents is 1. The van der Waals surface area contributed by atoms with Crippen molar-refractivity contribution < 1.29 is 14.6 Å². The van der Waals surface area contributed by atoms with Crippen LogP contribution in [0, 0.1) is 0 Å². The quantitative estimate of drug-likeness (QED) is 0.793. The van der Waals surface area contributed by atoms with Crippen LogP contribution in [0.4, 0.5) is 5.69 Å². The summed E-state index contributed by atoms with van der Waals surface area (Å²) < 4.78 is 5.02. The number of hydrogen-bond acceptors (Lipinski definition) is 4. The number of nitrogens with one attached hydrogen (secondary N) is 1. The van der Waals surface area contributed by atoms with Crippen LogP contribution in [0.15, 0.2) is 36.4 Å². The van der Waals surface area contributed by atoms with E-state index in [1.807, 2.05) is 0 Å². The molecule has 2 aromatic carbocycles. The number of rotatable bonds is 5. The molecular formula is C15H15ClN2O3. The van der Waals surface area contributed by atoms with Crippen LogP contribution in [0.1, 0.15) is 15.9 Å². The molecule has 0 spiro atoms. The largest absolute Gasteiger partial charge is 0.507 e. The minimum atomic E-state index is -0.526. The van der Waals surface area contributed by atoms with Crippen molar-refractivity contribution in [3.05, 3.63) is 52.5 Å². The van der Waals surface area contributed by atoms with E-state index in [0.717, 1.165) is 0 Å². The van der Waals surface area contributed by atoms with Gasteiger partial charge in [-0.2, -0.15) is 0 Å². The molecule has 2 rings (SSSR count). The summed E-state index contributed by atoms with van der Waals surface area (Å²) in [7, 11) is 1.53. The van der Waals surface area contributed by atoms with Gasteiger partial charge in [-0.15, -0.1) is 0 Å². The van der Waals surface area contributed by atoms with Crippen molar-refractivity contribution in [3.63, 3.8) is 0 Å². The Morgan fingerprint density at radius 3 is 2.71 bits per heavy atom. The molecule has 0 bridgehead atoms. The first-order chi connectivity index (χ1) is 10.0. The first-order valence-corrected chi connectivity index (χ1v) is 6.58. The number of methoxy groups -OCH3 is 1. The minimum Gasteiger partial charge on any atom is -0.507 e. The fourth-order valence-electron chi connectivity index (χ4n) is 1.82. The number of nitrogens with two attached hydrogens (primary N) is 1. The molecule has 110 valence electrons. The van der Waals surface area contributed by atoms with Crippen molar-refractivity contribution in [2.75, 3.05) is 12.4 Å². The number of ether oxygens (including phenoxy) is 1. The topological polar surface area (TPSA) is 84.6 Å². The maximum Gasteiger partial charge on any atom is 0.248 e. The second-order valence-corrected chi connectivity index (χ2v) is 4.81. The van der Waals surface area contributed by atoms with E-state index in [1.54, 1.807) is 30.3 Å². The van der Waals surface area contributed by atoms with Crippen LogP contribution in [0.25, 0.3) is 0 Å². The van der Waals surface area contributed by atoms with Gasteiger partial charge in [-0.05, 0) is 30.3 Å². The molecule has 1 amide bonds. The van der Waals surface area contributed by atoms with Crippen molar-refractivity contribution >= 4 is 23.2 Å². The number of hydrogen-bond donors (Lipinski definition) is 3. The number of carbonyl (C=O) groups excluding carboxylic acids is 1. The van der Waals surface area contributed by atoms with Crippen molar-refractivity contribution in [3.8, 4) is 11.5 Å². The van der Waals surface area contributed by atoms with E-state index >= 15 is 0 Å². The maximum atomic E-state index is 11.2. The Labute approximate surface area is 127 Å². The summed E-state index contributed by atoms with van der Waals surface area (Å²) in [5, 5.41) is 13.4. The van der Waals surface area contributed by atoms with E-state index in [1.165, 1.54) is 13.2 Å². The monoisotopic (exact) mass is 306 g/mol. The van der Waals surface area contributed by atoms with Crippen molar-refractivity contribution in [1.29, 1.82) is 0 Å². The van der Waals surface area contributed by atoms with Gasteiger partial charge in [0.2, 0.25) is 5.91 Å². The van der Waals surface area contributed by atoms with E-state index < -0.39 is 5.91 Å². The molecule has 5 nitrogen and oxygen atoms in total. The maximum absolute atomic E-state index is 11.2. The predicted octanol–water partition coefficient (Wildman–Crippen LogP) is 2.77. The normalized spacial score (nSPS) is 10.2. The molecule has 0 saturated carbocycles. The molecule has 0 aromatic heterocycles. The summed E-state index contributed by atoms with van der Waals surface area (Å²) in [6.07, 6.45) is 0. The lowest BCUT2D eigenvalue weighted by atomic mass is 10.1. The molecule has 0 unspecified atom stereocenters. The highest BCUT2D eigenvalue weighted by atomic mass is 35.5. The highest BCUT2D eigenvalue weighted by molar-refractivity contribution is 6.33. The highest BCUT2D eigenvalue weighted by Gasteiger charge is 2.07. The lowest BCUT2D eigenvalue weighted by Crippen LogP contribution is -2.11. The zero-order valence-electron chi connectivity index (χ0n) is 11.4. The summed E-state index contributed by atoms with van der Waals surface area (Å²) in [5.41, 5.74) is 6.84. The van der Waals surface area contributed by atoms with Crippen LogP contribution in [0.5, 0.6) is 11.5 Å². The average molecular weight is 307 g/mol. The fourth-order valence-corrected chi connectivity index (χ4v) is 2.01. The van der Waals surface area contributed by atoms with Gasteiger partial charge in [0.15, 0.2) is 0 Å². The molecule has 0 aliphatic carbocycles. The Morgan fingerprint density at radius 1 is 1.33 bits per heavy atom. The van der Waals surface area contributed by atoms with Crippen LogP contribution in [0.2, 0.25) is 5.02 Å². The molecule has 0 aliphatic rings. The molecular weight excluding hydrogens is 292 g/mol. The zero-order chi connectivity index (χ0) is 15.4. The number of anilines is 1. The van der Waals surface area contributed by atoms with Gasteiger partial charge in [0, 0.05) is 23.7 Å². The fraction of sp³-hybridized carbons (Fsp3) is 0.133. The molecule has 0 saturated heterocycles. The lowest BCUT2D eigenvalue weighted by molar-refractivity contribution is 0.100. The molecule has 2 aromatic rings. The second-order valence-electron chi connectivity index (χ2n) is 4.41. The number of benzene rings is 2. The molecule has 6 heteroatoms. The van der Waals surface area contributed by atoms with Gasteiger partial charge >= 0.3 is 0 Å². The Balaban J connectivity index is 2.16. The molecule has 0 radical (unpaired) electrons. The molecule has 21 heavy (non-hydrogen) atoms. The standard InChI is InChI=1S/C15H15ClN2O3/c1-21-11-4-2-10(14(19)7-11)8-18-13-6-9(15(17)20)3-5-12(13)16/h2-7,18-19H,8H2,1H3,(H2,17,20). The summed E-state index contributed by atoms with van der Waals surface area (Å²) in [4.78, 5) is 11.2. The van der Waals surface area contributed by atoms with Crippen LogP contribution >= 0.6 is 11.6 Å². The van der Waals surface area contributed by atoms with E-state index in [4.69, 9.17) is 22.1 Å². The van der Waals surface area contributed by atoms with Gasteiger partial charge in [-0.25, -0.2) is 0 Å². The third kappa shape index (κ3) is 3.58. The number of carbonyl (C=O) groups is 1. The van der Waals surface area contributed by atoms with Crippen LogP contribution in [0.3, 0.4) is 0 Å². The van der Waals surface area contributed by atoms with Gasteiger partial charge in [0.05, 0.1) is 17.8 Å². The van der Waals surface area contributed by atoms with Gasteiger partial charge in [-0.3, -0.25) is 4.79 Å². The van der Waals surface area contributed by atoms with Gasteiger partial charge in [0.25, 0.3) is 0 Å². The summed E-state index contributed by atoms with van der Waals surface area (Å²) in [5.74, 6) is 0.163. The third-order valence-electron chi connectivity index (χ3n) is 3.01. The Kier molecular flexibility index (Phi) is 4.55. The number of halogens is 1. The highest BCUT2D eigenvalue weighted by Crippen LogP contribution is 2.27. The van der Waals surface area contributed by atoms with Crippen molar-refractivity contribution in [2.24, 2.45) is 5.73 Å². The SMILES string of the molecule is COc1ccc(CNc2cc(C(N)=O)ccc2Cl)c(O)c1. The van der Waals surface area contributed by atoms with Crippen LogP contribution in [-0.4, -0.2) is 18.1 Å². The number of aromatic hydroxyl groups is 1. The lowest BCUT2D eigenvalue weighted by Gasteiger charge is -2.11. The smallest absolute Gasteiger partial charge is 0.248 e. The number of amides is 1. The van der Waals surface area contributed by atoms with E-state index in [-0.39, 0.29) is 5.75 Å². The van der Waals surface area contributed by atoms with Crippen LogP contribution < -0.4 is 15.8 Å². The summed E-state index contributed by atoms with van der Waals surface area (Å²) in [6.45, 7) is 0.345. The molecule has 0 aliphatic heterocycles. The second kappa shape index (κ2) is 6.37. The number of primary amides is 1. The Morgan fingerprint density at radius 2 is 2.10 bits per heavy atom. The molecule has 4 N–H and O–H groups in total. The summed E-state index contributed by atoms with van der Waals surface area (Å²) >= 11 is 6.06. The molecule has 0 atom stereocenters. The van der Waals surface area contributed by atoms with Gasteiger partial charge in [0.1, 0.15) is 11.5 Å². The van der Waals surface area contributed by atoms with Crippen molar-refractivity contribution in [1.82, 2.24) is 0 Å². The summed E-state index contributed by atoms with van der Waals surface area (Å²) in [6, 6.07) is 9.74. The van der Waals surface area contributed by atoms with E-state index in [9.17, 15) is 9.90 Å². The van der Waals surface area contributed by atoms with E-state index in [2.05, 4.69) is 5.32 Å². The number of phenols is 1. The zero-order valence-corrected chi connectivity index (χ0v) is 12.1. The van der Waals surface area contributed by atoms with Gasteiger partial charge < -0.3 is 20.9 Å². The molecule has 0 heterocycles. The molecule has 0 fully saturated rings. The van der Waals surface area contributed by atoms with Gasteiger partial charge in [-0.1, -0.05) is 11.6 Å². The average Bonchev–Trinajstić information content (AvgIpc) is 2.47. The van der Waals surface area contributed by atoms with E-state index in [0.29, 0.717) is 34.1 Å². The Hall–Kier alpha value is -2.40. The first-order valence-electron chi connectivity index (χ1n) is 6.20.